The number of urea groups is 1. The fourth-order valence-corrected chi connectivity index (χ4v) is 2.30. The highest BCUT2D eigenvalue weighted by molar-refractivity contribution is 5.90. The third-order valence-electron chi connectivity index (χ3n) is 3.55. The van der Waals surface area contributed by atoms with Crippen molar-refractivity contribution < 1.29 is 9.18 Å². The predicted octanol–water partition coefficient (Wildman–Crippen LogP) is 4.83. The number of carbonyl (C=O) groups is 1. The minimum atomic E-state index is -0.286. The Morgan fingerprint density at radius 1 is 1.00 bits per heavy atom. The third-order valence-corrected chi connectivity index (χ3v) is 3.55. The van der Waals surface area contributed by atoms with E-state index >= 15 is 0 Å². The average molecular weight is 300 g/mol. The molecule has 0 unspecified atom stereocenters. The van der Waals surface area contributed by atoms with Crippen LogP contribution in [0.25, 0.3) is 0 Å². The van der Waals surface area contributed by atoms with Crippen molar-refractivity contribution in [2.24, 2.45) is 0 Å². The Kier molecular flexibility index (Phi) is 5.15. The molecule has 2 amide bonds. The number of rotatable bonds is 4. The first kappa shape index (κ1) is 16.0. The van der Waals surface area contributed by atoms with Crippen LogP contribution in [-0.2, 0) is 0 Å². The summed E-state index contributed by atoms with van der Waals surface area (Å²) < 4.78 is 12.9. The fraction of sp³-hybridized carbons (Fsp3) is 0.278. The lowest BCUT2D eigenvalue weighted by Crippen LogP contribution is -2.31. The lowest BCUT2D eigenvalue weighted by Gasteiger charge is -2.17. The van der Waals surface area contributed by atoms with Crippen LogP contribution in [0.5, 0.6) is 0 Å². The van der Waals surface area contributed by atoms with E-state index in [0.29, 0.717) is 5.92 Å². The normalized spacial score (nSPS) is 12.0. The van der Waals surface area contributed by atoms with Gasteiger partial charge in [0, 0.05) is 5.69 Å². The number of hydrogen-bond acceptors (Lipinski definition) is 1. The number of anilines is 1. The lowest BCUT2D eigenvalue weighted by molar-refractivity contribution is 0.249. The molecule has 0 saturated carbocycles. The van der Waals surface area contributed by atoms with Crippen LogP contribution >= 0.6 is 0 Å². The molecule has 4 heteroatoms. The van der Waals surface area contributed by atoms with Crippen LogP contribution in [0.2, 0.25) is 0 Å². The molecular weight excluding hydrogens is 279 g/mol. The Balaban J connectivity index is 2.02. The maximum Gasteiger partial charge on any atom is 0.319 e. The van der Waals surface area contributed by atoms with Gasteiger partial charge >= 0.3 is 6.03 Å². The molecule has 116 valence electrons. The van der Waals surface area contributed by atoms with Gasteiger partial charge in [0.05, 0.1) is 6.04 Å². The number of carbonyl (C=O) groups excluding carboxylic acids is 1. The highest BCUT2D eigenvalue weighted by Crippen LogP contribution is 2.23. The second-order valence-corrected chi connectivity index (χ2v) is 5.61. The molecule has 0 spiro atoms. The maximum absolute atomic E-state index is 12.9. The largest absolute Gasteiger partial charge is 0.331 e. The van der Waals surface area contributed by atoms with Crippen molar-refractivity contribution in [1.29, 1.82) is 0 Å². The molecule has 0 aliphatic carbocycles. The van der Waals surface area contributed by atoms with E-state index in [0.717, 1.165) is 16.8 Å². The molecule has 0 fully saturated rings. The van der Waals surface area contributed by atoms with Crippen molar-refractivity contribution in [3.05, 3.63) is 65.5 Å². The zero-order chi connectivity index (χ0) is 16.1. The summed E-state index contributed by atoms with van der Waals surface area (Å²) in [7, 11) is 0. The predicted molar refractivity (Wildman–Crippen MR) is 87.5 cm³/mol. The number of para-hydroxylation sites is 1. The van der Waals surface area contributed by atoms with E-state index in [4.69, 9.17) is 0 Å². The number of halogens is 1. The first-order valence-corrected chi connectivity index (χ1v) is 7.39. The highest BCUT2D eigenvalue weighted by Gasteiger charge is 2.12. The van der Waals surface area contributed by atoms with Crippen LogP contribution in [0.4, 0.5) is 14.9 Å². The monoisotopic (exact) mass is 300 g/mol. The summed E-state index contributed by atoms with van der Waals surface area (Å²) in [4.78, 5) is 12.1. The minimum Gasteiger partial charge on any atom is -0.331 e. The average Bonchev–Trinajstić information content (AvgIpc) is 2.48. The summed E-state index contributed by atoms with van der Waals surface area (Å²) in [5, 5.41) is 5.74. The Labute approximate surface area is 130 Å². The van der Waals surface area contributed by atoms with E-state index in [1.807, 2.05) is 31.2 Å². The molecule has 2 N–H and O–H groups in total. The van der Waals surface area contributed by atoms with Crippen LogP contribution in [0.3, 0.4) is 0 Å². The Morgan fingerprint density at radius 3 is 2.27 bits per heavy atom. The van der Waals surface area contributed by atoms with Gasteiger partial charge < -0.3 is 10.6 Å². The van der Waals surface area contributed by atoms with Crippen molar-refractivity contribution in [2.75, 3.05) is 5.32 Å². The van der Waals surface area contributed by atoms with E-state index < -0.39 is 0 Å². The second-order valence-electron chi connectivity index (χ2n) is 5.61. The first-order chi connectivity index (χ1) is 10.5. The van der Waals surface area contributed by atoms with Crippen LogP contribution in [-0.4, -0.2) is 6.03 Å². The van der Waals surface area contributed by atoms with Gasteiger partial charge in [-0.1, -0.05) is 44.2 Å². The third kappa shape index (κ3) is 4.07. The molecule has 1 atom stereocenters. The van der Waals surface area contributed by atoms with Gasteiger partial charge in [0.2, 0.25) is 0 Å². The standard InChI is InChI=1S/C18H21FN2O/c1-12(2)16-6-4-5-7-17(16)21-18(22)20-13(3)14-8-10-15(19)11-9-14/h4-13H,1-3H3,(H2,20,21,22)/t13-/m1/s1. The van der Waals surface area contributed by atoms with Crippen molar-refractivity contribution in [1.82, 2.24) is 5.32 Å². The molecule has 0 aromatic heterocycles. The van der Waals surface area contributed by atoms with Gasteiger partial charge in [0.15, 0.2) is 0 Å². The molecule has 0 bridgehead atoms. The van der Waals surface area contributed by atoms with Crippen LogP contribution in [0, 0.1) is 5.82 Å². The number of amides is 2. The Morgan fingerprint density at radius 2 is 1.64 bits per heavy atom. The zero-order valence-electron chi connectivity index (χ0n) is 13.1. The molecule has 0 heterocycles. The Hall–Kier alpha value is -2.36. The van der Waals surface area contributed by atoms with Crippen LogP contribution in [0.1, 0.15) is 43.9 Å². The topological polar surface area (TPSA) is 41.1 Å². The summed E-state index contributed by atoms with van der Waals surface area (Å²) >= 11 is 0. The van der Waals surface area contributed by atoms with Crippen LogP contribution in [0.15, 0.2) is 48.5 Å². The second kappa shape index (κ2) is 7.07. The summed E-state index contributed by atoms with van der Waals surface area (Å²) in [6.45, 7) is 6.03. The van der Waals surface area contributed by atoms with Gasteiger partial charge in [-0.2, -0.15) is 0 Å². The van der Waals surface area contributed by atoms with Gasteiger partial charge in [-0.25, -0.2) is 9.18 Å². The fourth-order valence-electron chi connectivity index (χ4n) is 2.30. The van der Waals surface area contributed by atoms with E-state index in [1.165, 1.54) is 12.1 Å². The van der Waals surface area contributed by atoms with E-state index in [1.54, 1.807) is 12.1 Å². The van der Waals surface area contributed by atoms with Gasteiger partial charge in [-0.3, -0.25) is 0 Å². The van der Waals surface area contributed by atoms with E-state index in [2.05, 4.69) is 24.5 Å². The molecule has 2 rings (SSSR count). The zero-order valence-corrected chi connectivity index (χ0v) is 13.1. The molecule has 0 saturated heterocycles. The summed E-state index contributed by atoms with van der Waals surface area (Å²) in [6.07, 6.45) is 0. The molecular formula is C18H21FN2O. The van der Waals surface area contributed by atoms with Crippen molar-refractivity contribution in [3.63, 3.8) is 0 Å². The smallest absolute Gasteiger partial charge is 0.319 e. The quantitative estimate of drug-likeness (QED) is 0.834. The van der Waals surface area contributed by atoms with Gasteiger partial charge in [0.1, 0.15) is 5.82 Å². The van der Waals surface area contributed by atoms with Gasteiger partial charge in [-0.05, 0) is 42.2 Å². The van der Waals surface area contributed by atoms with Gasteiger partial charge in [0.25, 0.3) is 0 Å². The van der Waals surface area contributed by atoms with E-state index in [-0.39, 0.29) is 17.9 Å². The molecule has 22 heavy (non-hydrogen) atoms. The van der Waals surface area contributed by atoms with E-state index in [9.17, 15) is 9.18 Å². The SMILES string of the molecule is CC(C)c1ccccc1NC(=O)N[C@H](C)c1ccc(F)cc1. The molecule has 2 aromatic carbocycles. The highest BCUT2D eigenvalue weighted by atomic mass is 19.1. The molecule has 0 radical (unpaired) electrons. The van der Waals surface area contributed by atoms with Crippen LogP contribution < -0.4 is 10.6 Å². The minimum absolute atomic E-state index is 0.202. The summed E-state index contributed by atoms with van der Waals surface area (Å²) in [6, 6.07) is 13.4. The molecule has 3 nitrogen and oxygen atoms in total. The summed E-state index contributed by atoms with van der Waals surface area (Å²) in [5.74, 6) is 0.0392. The number of nitrogens with one attached hydrogen (secondary N) is 2. The number of hydrogen-bond donors (Lipinski definition) is 2. The van der Waals surface area contributed by atoms with Crippen molar-refractivity contribution >= 4 is 11.7 Å². The van der Waals surface area contributed by atoms with Gasteiger partial charge in [-0.15, -0.1) is 0 Å². The maximum atomic E-state index is 12.9. The lowest BCUT2D eigenvalue weighted by atomic mass is 10.0. The molecule has 2 aromatic rings. The molecule has 0 aliphatic heterocycles. The number of benzene rings is 2. The Bertz CT molecular complexity index is 638. The molecule has 0 aliphatic rings. The summed E-state index contributed by atoms with van der Waals surface area (Å²) in [5.41, 5.74) is 2.75. The van der Waals surface area contributed by atoms with Crippen molar-refractivity contribution in [3.8, 4) is 0 Å². The van der Waals surface area contributed by atoms with Crippen molar-refractivity contribution in [2.45, 2.75) is 32.7 Å². The first-order valence-electron chi connectivity index (χ1n) is 7.39.